The highest BCUT2D eigenvalue weighted by Crippen LogP contribution is 2.44. The fourth-order valence-electron chi connectivity index (χ4n) is 7.58. The number of urea groups is 1. The Morgan fingerprint density at radius 3 is 2.31 bits per heavy atom. The van der Waals surface area contributed by atoms with Gasteiger partial charge < -0.3 is 19.3 Å². The molecule has 1 aliphatic carbocycles. The molecule has 2 atom stereocenters. The summed E-state index contributed by atoms with van der Waals surface area (Å²) < 4.78 is 11.7. The smallest absolute Gasteiger partial charge is 0.326 e. The Balaban J connectivity index is 1.39. The first-order valence-electron chi connectivity index (χ1n) is 16.0. The largest absolute Gasteiger partial charge is 0.497 e. The van der Waals surface area contributed by atoms with Crippen molar-refractivity contribution in [2.45, 2.75) is 82.8 Å². The molecule has 7 nitrogen and oxygen atoms in total. The number of amidine groups is 1. The molecule has 0 aromatic heterocycles. The molecule has 0 bridgehead atoms. The predicted molar refractivity (Wildman–Crippen MR) is 168 cm³/mol. The third kappa shape index (κ3) is 6.00. The Labute approximate surface area is 255 Å². The second-order valence-electron chi connectivity index (χ2n) is 12.2. The van der Waals surface area contributed by atoms with Crippen LogP contribution in [0.3, 0.4) is 0 Å². The van der Waals surface area contributed by atoms with Gasteiger partial charge in [-0.05, 0) is 94.3 Å². The quantitative estimate of drug-likeness (QED) is 0.342. The third-order valence-electron chi connectivity index (χ3n) is 9.77. The topological polar surface area (TPSA) is 57.6 Å². The second kappa shape index (κ2) is 13.3. The van der Waals surface area contributed by atoms with Gasteiger partial charge in [0.1, 0.15) is 17.3 Å². The van der Waals surface area contributed by atoms with E-state index >= 15 is 0 Å². The fraction of sp³-hybridized carbons (Fsp3) is 0.588. The predicted octanol–water partition coefficient (Wildman–Crippen LogP) is 7.18. The van der Waals surface area contributed by atoms with Crippen molar-refractivity contribution in [2.24, 2.45) is 10.9 Å². The minimum absolute atomic E-state index is 0.0239. The highest BCUT2D eigenvalue weighted by atomic mass is 35.5. The van der Waals surface area contributed by atoms with Crippen LogP contribution in [-0.4, -0.2) is 78.5 Å². The molecule has 2 saturated heterocycles. The number of hydrogen-bond donors (Lipinski definition) is 0. The van der Waals surface area contributed by atoms with Gasteiger partial charge in [0, 0.05) is 30.2 Å². The normalized spacial score (nSPS) is 24.2. The van der Waals surface area contributed by atoms with Gasteiger partial charge in [0.25, 0.3) is 0 Å². The van der Waals surface area contributed by atoms with Gasteiger partial charge in [-0.25, -0.2) is 4.79 Å². The highest BCUT2D eigenvalue weighted by Gasteiger charge is 2.47. The fourth-order valence-corrected chi connectivity index (χ4v) is 7.71. The molecule has 2 aromatic carbocycles. The molecular formula is C34H45ClN4O3. The molecule has 3 fully saturated rings. The first kappa shape index (κ1) is 29.3. The summed E-state index contributed by atoms with van der Waals surface area (Å²) in [5, 5.41) is 0.697. The number of rotatable bonds is 7. The van der Waals surface area contributed by atoms with Crippen LogP contribution in [0.5, 0.6) is 11.5 Å². The number of ether oxygens (including phenoxy) is 2. The van der Waals surface area contributed by atoms with E-state index in [-0.39, 0.29) is 18.1 Å². The zero-order chi connectivity index (χ0) is 29.1. The molecule has 42 heavy (non-hydrogen) atoms. The number of methoxy groups -OCH3 is 1. The first-order chi connectivity index (χ1) is 20.6. The number of likely N-dealkylation sites (tertiary alicyclic amines) is 2. The van der Waals surface area contributed by atoms with E-state index in [1.165, 1.54) is 45.2 Å². The van der Waals surface area contributed by atoms with E-state index in [4.69, 9.17) is 26.1 Å². The zero-order valence-corrected chi connectivity index (χ0v) is 25.9. The first-order valence-corrected chi connectivity index (χ1v) is 16.4. The maximum Gasteiger partial charge on any atom is 0.326 e. The van der Waals surface area contributed by atoms with Crippen molar-refractivity contribution in [3.8, 4) is 11.5 Å². The average molecular weight is 593 g/mol. The Morgan fingerprint density at radius 2 is 1.64 bits per heavy atom. The van der Waals surface area contributed by atoms with E-state index in [0.717, 1.165) is 55.6 Å². The SMILES string of the molecule is CCOc1cc(OC)ccc1C1=N[C@H](C2CCCCC2)[C@H](c2ccc(Cl)cc2)N1C(=O)N1CCC(N2CCCC2)CC1. The molecule has 8 heteroatoms. The Hall–Kier alpha value is -2.77. The van der Waals surface area contributed by atoms with Crippen LogP contribution in [0.1, 0.15) is 81.9 Å². The minimum Gasteiger partial charge on any atom is -0.497 e. The highest BCUT2D eigenvalue weighted by molar-refractivity contribution is 6.30. The number of carbonyl (C=O) groups excluding carboxylic acids is 1. The number of carbonyl (C=O) groups is 1. The number of hydrogen-bond acceptors (Lipinski definition) is 5. The van der Waals surface area contributed by atoms with Crippen LogP contribution in [0, 0.1) is 5.92 Å². The molecule has 3 aliphatic heterocycles. The van der Waals surface area contributed by atoms with Gasteiger partial charge in [-0.2, -0.15) is 0 Å². The van der Waals surface area contributed by atoms with Gasteiger partial charge in [-0.15, -0.1) is 0 Å². The number of nitrogens with zero attached hydrogens (tertiary/aromatic N) is 4. The molecule has 0 spiro atoms. The van der Waals surface area contributed by atoms with Crippen LogP contribution in [0.4, 0.5) is 4.79 Å². The van der Waals surface area contributed by atoms with E-state index < -0.39 is 0 Å². The van der Waals surface area contributed by atoms with Crippen molar-refractivity contribution in [1.82, 2.24) is 14.7 Å². The summed E-state index contributed by atoms with van der Waals surface area (Å²) in [7, 11) is 1.66. The van der Waals surface area contributed by atoms with E-state index in [2.05, 4.69) is 21.9 Å². The number of halogens is 1. The zero-order valence-electron chi connectivity index (χ0n) is 25.1. The molecule has 226 valence electrons. The summed E-state index contributed by atoms with van der Waals surface area (Å²) in [6, 6.07) is 14.3. The molecule has 0 N–H and O–H groups in total. The third-order valence-corrected chi connectivity index (χ3v) is 10.0. The van der Waals surface area contributed by atoms with E-state index in [1.54, 1.807) is 7.11 Å². The van der Waals surface area contributed by atoms with Gasteiger partial charge in [0.05, 0.1) is 31.4 Å². The molecular weight excluding hydrogens is 548 g/mol. The summed E-state index contributed by atoms with van der Waals surface area (Å²) in [4.78, 5) is 26.9. The van der Waals surface area contributed by atoms with Crippen molar-refractivity contribution < 1.29 is 14.3 Å². The van der Waals surface area contributed by atoms with Crippen LogP contribution in [0.25, 0.3) is 0 Å². The van der Waals surface area contributed by atoms with Crippen LogP contribution in [-0.2, 0) is 0 Å². The number of amides is 2. The molecule has 0 radical (unpaired) electrons. The van der Waals surface area contributed by atoms with Gasteiger partial charge in [0.2, 0.25) is 0 Å². The maximum atomic E-state index is 14.7. The van der Waals surface area contributed by atoms with Crippen LogP contribution >= 0.6 is 11.6 Å². The van der Waals surface area contributed by atoms with Crippen molar-refractivity contribution in [2.75, 3.05) is 39.9 Å². The number of aliphatic imine (C=N–C) groups is 1. The summed E-state index contributed by atoms with van der Waals surface area (Å²) >= 11 is 6.35. The monoisotopic (exact) mass is 592 g/mol. The summed E-state index contributed by atoms with van der Waals surface area (Å²) in [5.74, 6) is 2.55. The van der Waals surface area contributed by atoms with Crippen molar-refractivity contribution in [1.29, 1.82) is 0 Å². The molecule has 0 unspecified atom stereocenters. The van der Waals surface area contributed by atoms with Crippen LogP contribution in [0.15, 0.2) is 47.5 Å². The Morgan fingerprint density at radius 1 is 0.929 bits per heavy atom. The van der Waals surface area contributed by atoms with Crippen LogP contribution < -0.4 is 9.47 Å². The summed E-state index contributed by atoms with van der Waals surface area (Å²) in [6.07, 6.45) is 10.6. The van der Waals surface area contributed by atoms with Gasteiger partial charge >= 0.3 is 6.03 Å². The standard InChI is InChI=1S/C34H45ClN4O3/c1-3-42-30-23-28(41-2)15-16-29(30)33-36-31(24-9-5-4-6-10-24)32(25-11-13-26(35)14-12-25)39(33)34(40)38-21-17-27(18-22-38)37-19-7-8-20-37/h11-16,23-24,27,31-32H,3-10,17-22H2,1-2H3/t31-,32+/m1/s1. The van der Waals surface area contributed by atoms with Gasteiger partial charge in [-0.3, -0.25) is 9.89 Å². The molecule has 3 heterocycles. The number of piperidine rings is 1. The molecule has 1 saturated carbocycles. The minimum atomic E-state index is -0.194. The Bertz CT molecular complexity index is 1250. The van der Waals surface area contributed by atoms with Crippen molar-refractivity contribution >= 4 is 23.5 Å². The van der Waals surface area contributed by atoms with Gasteiger partial charge in [0.15, 0.2) is 0 Å². The number of benzene rings is 2. The Kier molecular flexibility index (Phi) is 9.25. The lowest BCUT2D eigenvalue weighted by Gasteiger charge is -2.40. The van der Waals surface area contributed by atoms with Crippen molar-refractivity contribution in [3.05, 3.63) is 58.6 Å². The maximum absolute atomic E-state index is 14.7. The van der Waals surface area contributed by atoms with Crippen molar-refractivity contribution in [3.63, 3.8) is 0 Å². The molecule has 2 aromatic rings. The lowest BCUT2D eigenvalue weighted by Crippen LogP contribution is -2.52. The molecule has 6 rings (SSSR count). The lowest BCUT2D eigenvalue weighted by atomic mass is 9.80. The molecule has 4 aliphatic rings. The van der Waals surface area contributed by atoms with E-state index in [9.17, 15) is 4.79 Å². The summed E-state index contributed by atoms with van der Waals surface area (Å²) in [6.45, 7) is 6.42. The lowest BCUT2D eigenvalue weighted by molar-refractivity contribution is 0.114. The second-order valence-corrected chi connectivity index (χ2v) is 12.7. The summed E-state index contributed by atoms with van der Waals surface area (Å²) in [5.41, 5.74) is 1.93. The van der Waals surface area contributed by atoms with Crippen LogP contribution in [0.2, 0.25) is 5.02 Å². The van der Waals surface area contributed by atoms with E-state index in [0.29, 0.717) is 35.2 Å². The van der Waals surface area contributed by atoms with Gasteiger partial charge in [-0.1, -0.05) is 43.0 Å². The van der Waals surface area contributed by atoms with E-state index in [1.807, 2.05) is 42.2 Å². The molecule has 2 amide bonds. The average Bonchev–Trinajstić information content (AvgIpc) is 3.71.